The molecule has 0 radical (unpaired) electrons. The van der Waals surface area contributed by atoms with E-state index in [0.29, 0.717) is 23.3 Å². The molecule has 0 saturated carbocycles. The Morgan fingerprint density at radius 1 is 1.03 bits per heavy atom. The van der Waals surface area contributed by atoms with Crippen LogP contribution in [0.1, 0.15) is 16.7 Å². The van der Waals surface area contributed by atoms with Crippen molar-refractivity contribution in [3.8, 4) is 23.0 Å². The number of pyridine rings is 1. The number of benzene rings is 2. The van der Waals surface area contributed by atoms with Gasteiger partial charge in [-0.3, -0.25) is 0 Å². The average molecular weight is 501 g/mol. The highest BCUT2D eigenvalue weighted by Gasteiger charge is 2.12. The zero-order valence-electron chi connectivity index (χ0n) is 16.7. The highest BCUT2D eigenvalue weighted by molar-refractivity contribution is 9.10. The molecule has 0 spiro atoms. The Hall–Kier alpha value is -2.97. The van der Waals surface area contributed by atoms with Gasteiger partial charge in [-0.15, -0.1) is 10.2 Å². The SMILES string of the molecule is COc1cc(COc2c(Br)cc(Cl)cc2CCc2ccc(-c3nn[nH]n3)cc2)ccn1. The van der Waals surface area contributed by atoms with E-state index in [1.165, 1.54) is 5.56 Å². The first kappa shape index (κ1) is 21.3. The summed E-state index contributed by atoms with van der Waals surface area (Å²) in [5.41, 5.74) is 4.10. The predicted molar refractivity (Wildman–Crippen MR) is 121 cm³/mol. The van der Waals surface area contributed by atoms with Crippen LogP contribution in [0.15, 0.2) is 59.2 Å². The smallest absolute Gasteiger partial charge is 0.213 e. The minimum Gasteiger partial charge on any atom is -0.487 e. The number of halogens is 2. The van der Waals surface area contributed by atoms with E-state index < -0.39 is 0 Å². The summed E-state index contributed by atoms with van der Waals surface area (Å²) >= 11 is 9.89. The number of nitrogens with zero attached hydrogens (tertiary/aromatic N) is 4. The third kappa shape index (κ3) is 5.39. The fourth-order valence-electron chi connectivity index (χ4n) is 3.15. The van der Waals surface area contributed by atoms with Gasteiger partial charge in [-0.1, -0.05) is 35.9 Å². The van der Waals surface area contributed by atoms with Gasteiger partial charge in [0.25, 0.3) is 0 Å². The van der Waals surface area contributed by atoms with Crippen LogP contribution < -0.4 is 9.47 Å². The number of aryl methyl sites for hydroxylation is 2. The third-order valence-electron chi connectivity index (χ3n) is 4.72. The molecule has 2 aromatic heterocycles. The highest BCUT2D eigenvalue weighted by atomic mass is 79.9. The molecule has 0 aliphatic carbocycles. The van der Waals surface area contributed by atoms with Crippen LogP contribution in [0.2, 0.25) is 5.02 Å². The maximum atomic E-state index is 6.31. The molecular weight excluding hydrogens is 482 g/mol. The molecule has 7 nitrogen and oxygen atoms in total. The summed E-state index contributed by atoms with van der Waals surface area (Å²) in [5, 5.41) is 14.7. The standard InChI is InChI=1S/C22H19BrClN5O2/c1-30-20-10-15(8-9-25-20)13-31-21-17(11-18(24)12-19(21)23)7-4-14-2-5-16(6-3-14)22-26-28-29-27-22/h2-3,5-6,8-12H,4,7,13H2,1H3,(H,26,27,28,29). The van der Waals surface area contributed by atoms with Gasteiger partial charge in [-0.25, -0.2) is 4.98 Å². The number of H-pyrrole nitrogens is 1. The van der Waals surface area contributed by atoms with Crippen molar-refractivity contribution in [3.05, 3.63) is 80.9 Å². The second-order valence-corrected chi connectivity index (χ2v) is 8.09. The molecule has 1 N–H and O–H groups in total. The first-order valence-corrected chi connectivity index (χ1v) is 10.7. The molecule has 31 heavy (non-hydrogen) atoms. The van der Waals surface area contributed by atoms with Gasteiger partial charge < -0.3 is 9.47 Å². The molecule has 158 valence electrons. The van der Waals surface area contributed by atoms with Gasteiger partial charge in [-0.05, 0) is 68.9 Å². The van der Waals surface area contributed by atoms with E-state index in [1.54, 1.807) is 13.3 Å². The van der Waals surface area contributed by atoms with Crippen molar-refractivity contribution in [2.24, 2.45) is 0 Å². The molecule has 2 heterocycles. The summed E-state index contributed by atoms with van der Waals surface area (Å²) in [5.74, 6) is 1.91. The average Bonchev–Trinajstić information content (AvgIpc) is 3.32. The van der Waals surface area contributed by atoms with Crippen molar-refractivity contribution in [1.82, 2.24) is 25.6 Å². The summed E-state index contributed by atoms with van der Waals surface area (Å²) < 4.78 is 12.2. The molecule has 0 fully saturated rings. The molecule has 0 aliphatic heterocycles. The lowest BCUT2D eigenvalue weighted by atomic mass is 10.0. The first-order valence-electron chi connectivity index (χ1n) is 9.55. The normalized spacial score (nSPS) is 10.8. The Morgan fingerprint density at radius 2 is 1.87 bits per heavy atom. The van der Waals surface area contributed by atoms with Crippen molar-refractivity contribution in [3.63, 3.8) is 0 Å². The Labute approximate surface area is 192 Å². The van der Waals surface area contributed by atoms with E-state index in [4.69, 9.17) is 21.1 Å². The summed E-state index contributed by atoms with van der Waals surface area (Å²) in [6, 6.07) is 15.6. The Kier molecular flexibility index (Phi) is 6.79. The number of aromatic nitrogens is 5. The monoisotopic (exact) mass is 499 g/mol. The lowest BCUT2D eigenvalue weighted by Crippen LogP contribution is -2.02. The Bertz CT molecular complexity index is 1150. The van der Waals surface area contributed by atoms with Crippen LogP contribution in [0.25, 0.3) is 11.4 Å². The van der Waals surface area contributed by atoms with Crippen molar-refractivity contribution < 1.29 is 9.47 Å². The van der Waals surface area contributed by atoms with E-state index in [1.807, 2.05) is 36.4 Å². The van der Waals surface area contributed by atoms with Gasteiger partial charge in [0.2, 0.25) is 11.7 Å². The van der Waals surface area contributed by atoms with Crippen LogP contribution >= 0.6 is 27.5 Å². The van der Waals surface area contributed by atoms with Crippen molar-refractivity contribution in [2.75, 3.05) is 7.11 Å². The molecule has 2 aromatic carbocycles. The van der Waals surface area contributed by atoms with Gasteiger partial charge >= 0.3 is 0 Å². The number of ether oxygens (including phenoxy) is 2. The number of hydrogen-bond acceptors (Lipinski definition) is 6. The van der Waals surface area contributed by atoms with Crippen molar-refractivity contribution in [1.29, 1.82) is 0 Å². The van der Waals surface area contributed by atoms with Gasteiger partial charge in [0, 0.05) is 22.8 Å². The molecule has 0 unspecified atom stereocenters. The number of tetrazole rings is 1. The van der Waals surface area contributed by atoms with Crippen LogP contribution in [0, 0.1) is 0 Å². The number of methoxy groups -OCH3 is 1. The number of aromatic amines is 1. The molecule has 0 amide bonds. The van der Waals surface area contributed by atoms with Crippen LogP contribution in [-0.4, -0.2) is 32.7 Å². The lowest BCUT2D eigenvalue weighted by molar-refractivity contribution is 0.299. The fourth-order valence-corrected chi connectivity index (χ4v) is 4.14. The van der Waals surface area contributed by atoms with Crippen LogP contribution in [0.4, 0.5) is 0 Å². The van der Waals surface area contributed by atoms with E-state index in [9.17, 15) is 0 Å². The van der Waals surface area contributed by atoms with Crippen LogP contribution in [-0.2, 0) is 19.4 Å². The summed E-state index contributed by atoms with van der Waals surface area (Å²) in [6.07, 6.45) is 3.31. The molecule has 0 aliphatic rings. The quantitative estimate of drug-likeness (QED) is 0.364. The van der Waals surface area contributed by atoms with Gasteiger partial charge in [0.1, 0.15) is 12.4 Å². The Balaban J connectivity index is 1.47. The topological polar surface area (TPSA) is 85.8 Å². The van der Waals surface area contributed by atoms with Crippen LogP contribution in [0.3, 0.4) is 0 Å². The van der Waals surface area contributed by atoms with Gasteiger partial charge in [0.05, 0.1) is 11.6 Å². The maximum Gasteiger partial charge on any atom is 0.213 e. The zero-order chi connectivity index (χ0) is 21.6. The molecule has 0 atom stereocenters. The lowest BCUT2D eigenvalue weighted by Gasteiger charge is -2.15. The number of hydrogen-bond donors (Lipinski definition) is 1. The van der Waals surface area contributed by atoms with E-state index >= 15 is 0 Å². The number of nitrogens with one attached hydrogen (secondary N) is 1. The number of rotatable bonds is 8. The fraction of sp³-hybridized carbons (Fsp3) is 0.182. The van der Waals surface area contributed by atoms with Crippen molar-refractivity contribution >= 4 is 27.5 Å². The summed E-state index contributed by atoms with van der Waals surface area (Å²) in [7, 11) is 1.59. The first-order chi connectivity index (χ1) is 15.1. The predicted octanol–water partition coefficient (Wildman–Crippen LogP) is 5.05. The molecule has 9 heteroatoms. The summed E-state index contributed by atoms with van der Waals surface area (Å²) in [6.45, 7) is 0.394. The third-order valence-corrected chi connectivity index (χ3v) is 5.52. The molecule has 0 saturated heterocycles. The molecule has 4 aromatic rings. The maximum absolute atomic E-state index is 6.31. The highest BCUT2D eigenvalue weighted by Crippen LogP contribution is 2.34. The van der Waals surface area contributed by atoms with Gasteiger partial charge in [0.15, 0.2) is 0 Å². The zero-order valence-corrected chi connectivity index (χ0v) is 19.0. The minimum atomic E-state index is 0.394. The van der Waals surface area contributed by atoms with Gasteiger partial charge in [-0.2, -0.15) is 5.21 Å². The largest absolute Gasteiger partial charge is 0.487 e. The molecule has 0 bridgehead atoms. The molecular formula is C22H19BrClN5O2. The second kappa shape index (κ2) is 9.89. The van der Waals surface area contributed by atoms with Crippen LogP contribution in [0.5, 0.6) is 11.6 Å². The van der Waals surface area contributed by atoms with E-state index in [2.05, 4.69) is 53.7 Å². The van der Waals surface area contributed by atoms with Crippen molar-refractivity contribution in [2.45, 2.75) is 19.4 Å². The van der Waals surface area contributed by atoms with E-state index in [0.717, 1.165) is 39.8 Å². The molecule has 4 rings (SSSR count). The Morgan fingerprint density at radius 3 is 2.61 bits per heavy atom. The summed E-state index contributed by atoms with van der Waals surface area (Å²) in [4.78, 5) is 4.13. The second-order valence-electron chi connectivity index (χ2n) is 6.80. The minimum absolute atomic E-state index is 0.394. The van der Waals surface area contributed by atoms with E-state index in [-0.39, 0.29) is 0 Å².